The van der Waals surface area contributed by atoms with E-state index in [-0.39, 0.29) is 13.0 Å². The Morgan fingerprint density at radius 2 is 1.80 bits per heavy atom. The smallest absolute Gasteiger partial charge is 0.326 e. The predicted octanol–water partition coefficient (Wildman–Crippen LogP) is -0.629. The van der Waals surface area contributed by atoms with E-state index in [0.717, 1.165) is 18.4 Å². The van der Waals surface area contributed by atoms with Crippen LogP contribution in [0.2, 0.25) is 0 Å². The van der Waals surface area contributed by atoms with Gasteiger partial charge in [-0.15, -0.1) is 0 Å². The molecule has 7 N–H and O–H groups in total. The van der Waals surface area contributed by atoms with Crippen LogP contribution in [0.3, 0.4) is 0 Å². The largest absolute Gasteiger partial charge is 0.480 e. The van der Waals surface area contributed by atoms with E-state index in [1.807, 2.05) is 6.07 Å². The zero-order valence-electron chi connectivity index (χ0n) is 14.1. The number of hydrogen-bond acceptors (Lipinski definition) is 5. The Balaban J connectivity index is 2.42. The van der Waals surface area contributed by atoms with E-state index in [1.165, 1.54) is 0 Å². The van der Waals surface area contributed by atoms with Crippen molar-refractivity contribution in [3.8, 4) is 0 Å². The molecule has 0 radical (unpaired) electrons. The monoisotopic (exact) mass is 350 g/mol. The summed E-state index contributed by atoms with van der Waals surface area (Å²) in [4.78, 5) is 35.0. The van der Waals surface area contributed by atoms with Gasteiger partial charge in [0.05, 0.1) is 12.6 Å². The topological polar surface area (TPSA) is 148 Å². The molecular weight excluding hydrogens is 324 g/mol. The molecule has 0 bridgehead atoms. The third kappa shape index (κ3) is 8.27. The van der Waals surface area contributed by atoms with Crippen LogP contribution in [0.15, 0.2) is 30.3 Å². The molecule has 2 amide bonds. The Morgan fingerprint density at radius 3 is 2.40 bits per heavy atom. The van der Waals surface area contributed by atoms with Crippen LogP contribution in [0.1, 0.15) is 24.8 Å². The number of benzene rings is 1. The predicted molar refractivity (Wildman–Crippen MR) is 93.6 cm³/mol. The van der Waals surface area contributed by atoms with E-state index in [0.29, 0.717) is 13.0 Å². The van der Waals surface area contributed by atoms with Gasteiger partial charge in [-0.2, -0.15) is 0 Å². The number of carboxylic acid groups (broad SMARTS) is 1. The molecule has 1 rings (SSSR count). The highest BCUT2D eigenvalue weighted by molar-refractivity contribution is 5.89. The number of carbonyl (C=O) groups excluding carboxylic acids is 2. The molecule has 1 aromatic carbocycles. The molecule has 0 aliphatic carbocycles. The van der Waals surface area contributed by atoms with E-state index in [4.69, 9.17) is 11.5 Å². The van der Waals surface area contributed by atoms with Gasteiger partial charge < -0.3 is 27.2 Å². The van der Waals surface area contributed by atoms with Crippen LogP contribution in [0.5, 0.6) is 0 Å². The highest BCUT2D eigenvalue weighted by Crippen LogP contribution is 2.03. The minimum absolute atomic E-state index is 0.161. The van der Waals surface area contributed by atoms with Gasteiger partial charge in [0.15, 0.2) is 0 Å². The Labute approximate surface area is 147 Å². The zero-order chi connectivity index (χ0) is 18.7. The van der Waals surface area contributed by atoms with Crippen LogP contribution in [0, 0.1) is 0 Å². The van der Waals surface area contributed by atoms with Crippen LogP contribution in [0.25, 0.3) is 0 Å². The summed E-state index contributed by atoms with van der Waals surface area (Å²) in [6.45, 7) is 0.219. The quantitative estimate of drug-likeness (QED) is 0.336. The van der Waals surface area contributed by atoms with Crippen molar-refractivity contribution in [3.05, 3.63) is 35.9 Å². The Kier molecular flexibility index (Phi) is 9.20. The zero-order valence-corrected chi connectivity index (χ0v) is 14.1. The van der Waals surface area contributed by atoms with E-state index in [1.54, 1.807) is 24.3 Å². The fourth-order valence-electron chi connectivity index (χ4n) is 2.23. The number of amides is 2. The fraction of sp³-hybridized carbons (Fsp3) is 0.471. The van der Waals surface area contributed by atoms with Gasteiger partial charge in [0.2, 0.25) is 11.8 Å². The third-order valence-electron chi connectivity index (χ3n) is 3.65. The van der Waals surface area contributed by atoms with Crippen molar-refractivity contribution in [2.45, 2.75) is 37.8 Å². The van der Waals surface area contributed by atoms with Gasteiger partial charge >= 0.3 is 5.97 Å². The van der Waals surface area contributed by atoms with Crippen molar-refractivity contribution in [3.63, 3.8) is 0 Å². The van der Waals surface area contributed by atoms with E-state index in [9.17, 15) is 19.5 Å². The molecule has 0 aliphatic heterocycles. The first-order chi connectivity index (χ1) is 11.9. The van der Waals surface area contributed by atoms with E-state index >= 15 is 0 Å². The Hall–Kier alpha value is -2.45. The number of unbranched alkanes of at least 4 members (excludes halogenated alkanes) is 1. The van der Waals surface area contributed by atoms with E-state index < -0.39 is 29.9 Å². The summed E-state index contributed by atoms with van der Waals surface area (Å²) in [5.41, 5.74) is 11.9. The van der Waals surface area contributed by atoms with Crippen LogP contribution < -0.4 is 22.1 Å². The first-order valence-electron chi connectivity index (χ1n) is 8.23. The second-order valence-corrected chi connectivity index (χ2v) is 5.76. The fourth-order valence-corrected chi connectivity index (χ4v) is 2.23. The standard InChI is InChI=1S/C17H26N4O4/c18-9-5-4-8-13(19)16(23)20-11-15(22)21-14(17(24)25)10-12-6-2-1-3-7-12/h1-3,6-7,13-14H,4-5,8-11,18-19H2,(H,20,23)(H,21,22)(H,24,25)/t13-,14-/m0/s1. The lowest BCUT2D eigenvalue weighted by molar-refractivity contribution is -0.141. The van der Waals surface area contributed by atoms with Crippen LogP contribution in [-0.4, -0.2) is 48.1 Å². The lowest BCUT2D eigenvalue weighted by atomic mass is 10.1. The van der Waals surface area contributed by atoms with Crippen molar-refractivity contribution in [2.24, 2.45) is 11.5 Å². The van der Waals surface area contributed by atoms with Crippen LogP contribution >= 0.6 is 0 Å². The van der Waals surface area contributed by atoms with Crippen LogP contribution in [0.4, 0.5) is 0 Å². The first-order valence-corrected chi connectivity index (χ1v) is 8.23. The number of carboxylic acids is 1. The van der Waals surface area contributed by atoms with Crippen LogP contribution in [-0.2, 0) is 20.8 Å². The molecule has 0 saturated heterocycles. The van der Waals surface area contributed by atoms with Crippen molar-refractivity contribution in [1.29, 1.82) is 0 Å². The lowest BCUT2D eigenvalue weighted by Crippen LogP contribution is -2.49. The van der Waals surface area contributed by atoms with Gasteiger partial charge in [0, 0.05) is 6.42 Å². The molecule has 0 spiro atoms. The van der Waals surface area contributed by atoms with Gasteiger partial charge in [-0.05, 0) is 24.9 Å². The molecular formula is C17H26N4O4. The van der Waals surface area contributed by atoms with Gasteiger partial charge in [-0.3, -0.25) is 9.59 Å². The second-order valence-electron chi connectivity index (χ2n) is 5.76. The maximum atomic E-state index is 11.9. The van der Waals surface area contributed by atoms with Gasteiger partial charge in [-0.1, -0.05) is 36.8 Å². The summed E-state index contributed by atoms with van der Waals surface area (Å²) in [5.74, 6) is -2.16. The summed E-state index contributed by atoms with van der Waals surface area (Å²) < 4.78 is 0. The Morgan fingerprint density at radius 1 is 1.12 bits per heavy atom. The number of nitrogens with one attached hydrogen (secondary N) is 2. The SMILES string of the molecule is NCCCC[C@H](N)C(=O)NCC(=O)N[C@@H](Cc1ccccc1)C(=O)O. The molecule has 0 aliphatic rings. The minimum Gasteiger partial charge on any atom is -0.480 e. The number of carbonyl (C=O) groups is 3. The maximum Gasteiger partial charge on any atom is 0.326 e. The molecule has 0 heterocycles. The molecule has 8 nitrogen and oxygen atoms in total. The summed E-state index contributed by atoms with van der Waals surface area (Å²) in [5, 5.41) is 14.1. The molecule has 0 unspecified atom stereocenters. The Bertz CT molecular complexity index is 565. The molecule has 0 fully saturated rings. The lowest BCUT2D eigenvalue weighted by Gasteiger charge is -2.16. The highest BCUT2D eigenvalue weighted by Gasteiger charge is 2.21. The summed E-state index contributed by atoms with van der Waals surface area (Å²) in [6, 6.07) is 7.20. The van der Waals surface area contributed by atoms with Crippen molar-refractivity contribution in [1.82, 2.24) is 10.6 Å². The highest BCUT2D eigenvalue weighted by atomic mass is 16.4. The van der Waals surface area contributed by atoms with Crippen molar-refractivity contribution >= 4 is 17.8 Å². The van der Waals surface area contributed by atoms with Crippen molar-refractivity contribution in [2.75, 3.05) is 13.1 Å². The van der Waals surface area contributed by atoms with E-state index in [2.05, 4.69) is 10.6 Å². The average Bonchev–Trinajstić information content (AvgIpc) is 2.60. The van der Waals surface area contributed by atoms with Gasteiger partial charge in [0.25, 0.3) is 0 Å². The molecule has 0 saturated carbocycles. The normalized spacial score (nSPS) is 12.9. The molecule has 8 heteroatoms. The van der Waals surface area contributed by atoms with Gasteiger partial charge in [0.1, 0.15) is 6.04 Å². The third-order valence-corrected chi connectivity index (χ3v) is 3.65. The second kappa shape index (κ2) is 11.2. The summed E-state index contributed by atoms with van der Waals surface area (Å²) in [7, 11) is 0. The number of aliphatic carboxylic acids is 1. The number of hydrogen-bond donors (Lipinski definition) is 5. The van der Waals surface area contributed by atoms with Crippen molar-refractivity contribution < 1.29 is 19.5 Å². The maximum absolute atomic E-state index is 11.9. The molecule has 1 aromatic rings. The average molecular weight is 350 g/mol. The first kappa shape index (κ1) is 20.6. The summed E-state index contributed by atoms with van der Waals surface area (Å²) >= 11 is 0. The molecule has 138 valence electrons. The minimum atomic E-state index is -1.14. The molecule has 2 atom stereocenters. The summed E-state index contributed by atoms with van der Waals surface area (Å²) in [6.07, 6.45) is 2.15. The van der Waals surface area contributed by atoms with Gasteiger partial charge in [-0.25, -0.2) is 4.79 Å². The number of nitrogens with two attached hydrogens (primary N) is 2. The molecule has 25 heavy (non-hydrogen) atoms. The molecule has 0 aromatic heterocycles. The number of rotatable bonds is 11.